The summed E-state index contributed by atoms with van der Waals surface area (Å²) in [5.74, 6) is -1.43. The van der Waals surface area contributed by atoms with E-state index < -0.39 is 11.9 Å². The lowest BCUT2D eigenvalue weighted by atomic mass is 9.99. The lowest BCUT2D eigenvalue weighted by molar-refractivity contribution is -0.141. The molecule has 2 N–H and O–H groups in total. The number of amides is 2. The summed E-state index contributed by atoms with van der Waals surface area (Å²) in [6.45, 7) is 4.95. The number of carbonyl (C=O) groups excluding carboxylic acids is 1. The standard InChI is InChI=1S/C13H25N3O3/c1-9(12(17)18)8-16(4)13(19)14-11-5-6-15(3)10(2)7-11/h9-11H,5-8H2,1-4H3,(H,14,19)(H,17,18). The van der Waals surface area contributed by atoms with Crippen molar-refractivity contribution in [1.82, 2.24) is 15.1 Å². The number of hydrogen-bond acceptors (Lipinski definition) is 3. The maximum atomic E-state index is 12.0. The molecule has 0 spiro atoms. The summed E-state index contributed by atoms with van der Waals surface area (Å²) in [6, 6.07) is 0.457. The molecule has 1 aliphatic rings. The summed E-state index contributed by atoms with van der Waals surface area (Å²) in [7, 11) is 3.72. The van der Waals surface area contributed by atoms with Crippen LogP contribution in [0, 0.1) is 5.92 Å². The Morgan fingerprint density at radius 2 is 2.16 bits per heavy atom. The average Bonchev–Trinajstić information content (AvgIpc) is 2.33. The van der Waals surface area contributed by atoms with Gasteiger partial charge in [-0.3, -0.25) is 4.79 Å². The lowest BCUT2D eigenvalue weighted by Gasteiger charge is -2.36. The SMILES string of the molecule is CC(CN(C)C(=O)NC1CCN(C)C(C)C1)C(=O)O. The van der Waals surface area contributed by atoms with Gasteiger partial charge in [0.1, 0.15) is 0 Å². The van der Waals surface area contributed by atoms with E-state index in [9.17, 15) is 9.59 Å². The highest BCUT2D eigenvalue weighted by Crippen LogP contribution is 2.15. The molecular formula is C13H25N3O3. The zero-order valence-electron chi connectivity index (χ0n) is 12.2. The average molecular weight is 271 g/mol. The van der Waals surface area contributed by atoms with Crippen LogP contribution in [0.25, 0.3) is 0 Å². The number of carbonyl (C=O) groups is 2. The molecule has 19 heavy (non-hydrogen) atoms. The highest BCUT2D eigenvalue weighted by atomic mass is 16.4. The van der Waals surface area contributed by atoms with Crippen molar-refractivity contribution in [3.05, 3.63) is 0 Å². The zero-order chi connectivity index (χ0) is 14.6. The summed E-state index contributed by atoms with van der Waals surface area (Å²) in [4.78, 5) is 26.5. The van der Waals surface area contributed by atoms with Crippen molar-refractivity contribution in [2.45, 2.75) is 38.8 Å². The van der Waals surface area contributed by atoms with Crippen LogP contribution in [-0.2, 0) is 4.79 Å². The zero-order valence-corrected chi connectivity index (χ0v) is 12.2. The number of urea groups is 1. The Kier molecular flexibility index (Phi) is 5.60. The Labute approximate surface area is 114 Å². The molecule has 3 atom stereocenters. The van der Waals surface area contributed by atoms with Crippen LogP contribution in [0.2, 0.25) is 0 Å². The third kappa shape index (κ3) is 4.70. The van der Waals surface area contributed by atoms with E-state index in [1.807, 2.05) is 0 Å². The van der Waals surface area contributed by atoms with Gasteiger partial charge in [-0.05, 0) is 26.8 Å². The van der Waals surface area contributed by atoms with Gasteiger partial charge in [0.05, 0.1) is 5.92 Å². The van der Waals surface area contributed by atoms with Crippen LogP contribution in [0.1, 0.15) is 26.7 Å². The molecule has 1 heterocycles. The summed E-state index contributed by atoms with van der Waals surface area (Å²) >= 11 is 0. The number of nitrogens with zero attached hydrogens (tertiary/aromatic N) is 2. The molecule has 6 nitrogen and oxygen atoms in total. The van der Waals surface area contributed by atoms with Crippen molar-refractivity contribution in [2.24, 2.45) is 5.92 Å². The van der Waals surface area contributed by atoms with Gasteiger partial charge in [0.25, 0.3) is 0 Å². The molecule has 3 unspecified atom stereocenters. The van der Waals surface area contributed by atoms with E-state index in [0.29, 0.717) is 6.04 Å². The van der Waals surface area contributed by atoms with Crippen molar-refractivity contribution in [1.29, 1.82) is 0 Å². The van der Waals surface area contributed by atoms with Crippen molar-refractivity contribution in [3.63, 3.8) is 0 Å². The number of nitrogens with one attached hydrogen (secondary N) is 1. The molecule has 6 heteroatoms. The fraction of sp³-hybridized carbons (Fsp3) is 0.846. The summed E-state index contributed by atoms with van der Waals surface area (Å²) in [5.41, 5.74) is 0. The maximum absolute atomic E-state index is 12.0. The predicted octanol–water partition coefficient (Wildman–Crippen LogP) is 0.831. The second-order valence-electron chi connectivity index (χ2n) is 5.62. The van der Waals surface area contributed by atoms with Gasteiger partial charge < -0.3 is 20.2 Å². The number of carboxylic acids is 1. The summed E-state index contributed by atoms with van der Waals surface area (Å²) in [5, 5.41) is 11.8. The van der Waals surface area contributed by atoms with E-state index in [2.05, 4.69) is 24.2 Å². The monoisotopic (exact) mass is 271 g/mol. The summed E-state index contributed by atoms with van der Waals surface area (Å²) < 4.78 is 0. The molecule has 0 bridgehead atoms. The number of piperidine rings is 1. The fourth-order valence-corrected chi connectivity index (χ4v) is 2.28. The molecule has 1 saturated heterocycles. The van der Waals surface area contributed by atoms with E-state index in [-0.39, 0.29) is 18.6 Å². The van der Waals surface area contributed by atoms with Crippen molar-refractivity contribution in [2.75, 3.05) is 27.2 Å². The molecule has 2 amide bonds. The van der Waals surface area contributed by atoms with E-state index in [1.54, 1.807) is 14.0 Å². The summed E-state index contributed by atoms with van der Waals surface area (Å²) in [6.07, 6.45) is 1.87. The van der Waals surface area contributed by atoms with Crippen LogP contribution in [-0.4, -0.2) is 66.2 Å². The second-order valence-corrected chi connectivity index (χ2v) is 5.62. The Hall–Kier alpha value is -1.30. The number of rotatable bonds is 4. The Bertz CT molecular complexity index is 335. The van der Waals surface area contributed by atoms with E-state index >= 15 is 0 Å². The largest absolute Gasteiger partial charge is 0.481 e. The number of carboxylic acid groups (broad SMARTS) is 1. The maximum Gasteiger partial charge on any atom is 0.317 e. The Balaban J connectivity index is 2.40. The number of aliphatic carboxylic acids is 1. The predicted molar refractivity (Wildman–Crippen MR) is 73.1 cm³/mol. The topological polar surface area (TPSA) is 72.9 Å². The Morgan fingerprint density at radius 3 is 2.68 bits per heavy atom. The minimum Gasteiger partial charge on any atom is -0.481 e. The molecule has 0 aromatic heterocycles. The molecule has 1 fully saturated rings. The highest BCUT2D eigenvalue weighted by Gasteiger charge is 2.25. The molecule has 0 aromatic carbocycles. The third-order valence-electron chi connectivity index (χ3n) is 3.85. The van der Waals surface area contributed by atoms with Gasteiger partial charge in [-0.1, -0.05) is 6.92 Å². The number of likely N-dealkylation sites (tertiary alicyclic amines) is 1. The van der Waals surface area contributed by atoms with Crippen LogP contribution in [0.4, 0.5) is 4.79 Å². The van der Waals surface area contributed by atoms with Crippen LogP contribution in [0.5, 0.6) is 0 Å². The molecule has 110 valence electrons. The number of hydrogen-bond donors (Lipinski definition) is 2. The second kappa shape index (κ2) is 6.75. The first-order valence-electron chi connectivity index (χ1n) is 6.76. The molecule has 0 aromatic rings. The van der Waals surface area contributed by atoms with E-state index in [0.717, 1.165) is 19.4 Å². The van der Waals surface area contributed by atoms with Gasteiger partial charge in [-0.25, -0.2) is 4.79 Å². The van der Waals surface area contributed by atoms with Crippen molar-refractivity contribution in [3.8, 4) is 0 Å². The van der Waals surface area contributed by atoms with Crippen LogP contribution in [0.3, 0.4) is 0 Å². The van der Waals surface area contributed by atoms with Gasteiger partial charge >= 0.3 is 12.0 Å². The van der Waals surface area contributed by atoms with Crippen molar-refractivity contribution >= 4 is 12.0 Å². The first-order valence-corrected chi connectivity index (χ1v) is 6.76. The van der Waals surface area contributed by atoms with Crippen LogP contribution >= 0.6 is 0 Å². The van der Waals surface area contributed by atoms with Gasteiger partial charge in [0.15, 0.2) is 0 Å². The normalized spacial score (nSPS) is 25.7. The first-order chi connectivity index (χ1) is 8.81. The van der Waals surface area contributed by atoms with Crippen LogP contribution in [0.15, 0.2) is 0 Å². The van der Waals surface area contributed by atoms with Gasteiger partial charge in [0, 0.05) is 32.2 Å². The lowest BCUT2D eigenvalue weighted by Crippen LogP contribution is -2.50. The molecule has 0 aliphatic carbocycles. The Morgan fingerprint density at radius 1 is 1.53 bits per heavy atom. The van der Waals surface area contributed by atoms with Gasteiger partial charge in [0.2, 0.25) is 0 Å². The van der Waals surface area contributed by atoms with E-state index in [4.69, 9.17) is 5.11 Å². The van der Waals surface area contributed by atoms with Gasteiger partial charge in [-0.15, -0.1) is 0 Å². The van der Waals surface area contributed by atoms with E-state index in [1.165, 1.54) is 4.90 Å². The van der Waals surface area contributed by atoms with Crippen molar-refractivity contribution < 1.29 is 14.7 Å². The molecule has 1 aliphatic heterocycles. The minimum absolute atomic E-state index is 0.182. The molecule has 0 saturated carbocycles. The van der Waals surface area contributed by atoms with Gasteiger partial charge in [-0.2, -0.15) is 0 Å². The smallest absolute Gasteiger partial charge is 0.317 e. The molecule has 0 radical (unpaired) electrons. The molecular weight excluding hydrogens is 246 g/mol. The van der Waals surface area contributed by atoms with Crippen LogP contribution < -0.4 is 5.32 Å². The quantitative estimate of drug-likeness (QED) is 0.794. The highest BCUT2D eigenvalue weighted by molar-refractivity contribution is 5.76. The fourth-order valence-electron chi connectivity index (χ4n) is 2.28. The third-order valence-corrected chi connectivity index (χ3v) is 3.85. The minimum atomic E-state index is -0.882. The first kappa shape index (κ1) is 15.8. The molecule has 1 rings (SSSR count).